The van der Waals surface area contributed by atoms with Crippen LogP contribution in [0.25, 0.3) is 44.2 Å². The van der Waals surface area contributed by atoms with Crippen LogP contribution < -0.4 is 0 Å². The van der Waals surface area contributed by atoms with E-state index in [9.17, 15) is 0 Å². The van der Waals surface area contributed by atoms with Gasteiger partial charge < -0.3 is 4.42 Å². The fraction of sp³-hybridized carbons (Fsp3) is 0.0455. The predicted octanol–water partition coefficient (Wildman–Crippen LogP) is 11.3. The van der Waals surface area contributed by atoms with Crippen molar-refractivity contribution in [2.75, 3.05) is 0 Å². The monoisotopic (exact) mass is 604 g/mol. The molecule has 1 nitrogen and oxygen atoms in total. The first-order valence-electron chi connectivity index (χ1n) is 15.9. The van der Waals surface area contributed by atoms with Crippen LogP contribution in [0.5, 0.6) is 0 Å². The van der Waals surface area contributed by atoms with E-state index in [1.807, 2.05) is 12.1 Å². The quantitative estimate of drug-likeness (QED) is 0.168. The van der Waals surface area contributed by atoms with Crippen LogP contribution in [0.4, 0.5) is 0 Å². The molecule has 0 saturated carbocycles. The number of halogens is 1. The highest BCUT2D eigenvalue weighted by Gasteiger charge is 2.59. The molecule has 214 valence electrons. The van der Waals surface area contributed by atoms with Crippen LogP contribution in [-0.2, 0) is 10.8 Å². The molecule has 2 spiro atoms. The van der Waals surface area contributed by atoms with Crippen molar-refractivity contribution in [1.82, 2.24) is 0 Å². The molecule has 0 fully saturated rings. The fourth-order valence-electron chi connectivity index (χ4n) is 9.52. The number of hydrogen-bond acceptors (Lipinski definition) is 1. The van der Waals surface area contributed by atoms with Gasteiger partial charge in [0, 0.05) is 21.4 Å². The van der Waals surface area contributed by atoms with Gasteiger partial charge >= 0.3 is 0 Å². The first kappa shape index (κ1) is 24.9. The smallest absolute Gasteiger partial charge is 0.143 e. The van der Waals surface area contributed by atoms with Crippen LogP contribution >= 0.6 is 11.6 Å². The van der Waals surface area contributed by atoms with Crippen LogP contribution in [0, 0.1) is 0 Å². The maximum absolute atomic E-state index is 6.94. The minimum Gasteiger partial charge on any atom is -0.455 e. The summed E-state index contributed by atoms with van der Waals surface area (Å²) in [4.78, 5) is 0. The van der Waals surface area contributed by atoms with Crippen LogP contribution in [-0.4, -0.2) is 0 Å². The molecule has 1 aromatic heterocycles. The molecule has 0 aliphatic heterocycles. The van der Waals surface area contributed by atoms with Crippen molar-refractivity contribution in [3.05, 3.63) is 201 Å². The van der Waals surface area contributed by atoms with Crippen LogP contribution in [0.15, 0.2) is 156 Å². The van der Waals surface area contributed by atoms with Crippen molar-refractivity contribution in [1.29, 1.82) is 0 Å². The first-order valence-corrected chi connectivity index (χ1v) is 16.3. The minimum absolute atomic E-state index is 0.462. The summed E-state index contributed by atoms with van der Waals surface area (Å²) in [6.07, 6.45) is 0. The van der Waals surface area contributed by atoms with Crippen LogP contribution in [0.1, 0.15) is 44.5 Å². The summed E-state index contributed by atoms with van der Waals surface area (Å²) in [5.74, 6) is 0. The zero-order valence-electron chi connectivity index (χ0n) is 24.7. The number of benzene rings is 7. The number of fused-ring (bicyclic) bond motifs is 20. The Morgan fingerprint density at radius 2 is 0.913 bits per heavy atom. The summed E-state index contributed by atoms with van der Waals surface area (Å²) in [5.41, 5.74) is 16.1. The van der Waals surface area contributed by atoms with Gasteiger partial charge in [0.1, 0.15) is 11.2 Å². The third-order valence-corrected chi connectivity index (χ3v) is 11.3. The second kappa shape index (κ2) is 8.46. The Hall–Kier alpha value is -5.37. The van der Waals surface area contributed by atoms with Gasteiger partial charge in [-0.1, -0.05) is 145 Å². The maximum atomic E-state index is 6.94. The standard InChI is InChI=1S/C44H25ClO/c45-26-21-22-31-39(25-26)44(38-24-23-30-29-13-3-10-20-40(29)46-42(30)41(31)38)36-18-8-6-16-34(36)43(35-17-7-9-19-37(35)44)32-14-4-1-11-27(32)28-12-2-5-15-33(28)43/h1-25H. The third kappa shape index (κ3) is 2.65. The molecule has 0 saturated heterocycles. The van der Waals surface area contributed by atoms with Gasteiger partial charge in [0.25, 0.3) is 0 Å². The maximum Gasteiger partial charge on any atom is 0.143 e. The summed E-state index contributed by atoms with van der Waals surface area (Å²) in [7, 11) is 0. The van der Waals surface area contributed by atoms with Crippen molar-refractivity contribution >= 4 is 33.5 Å². The normalized spacial score (nSPS) is 15.4. The fourth-order valence-corrected chi connectivity index (χ4v) is 9.69. The second-order valence-corrected chi connectivity index (χ2v) is 13.3. The molecule has 8 aromatic rings. The Kier molecular flexibility index (Phi) is 4.58. The summed E-state index contributed by atoms with van der Waals surface area (Å²) in [6, 6.07) is 55.7. The third-order valence-electron chi connectivity index (χ3n) is 11.0. The van der Waals surface area contributed by atoms with E-state index in [-0.39, 0.29) is 0 Å². The molecule has 7 aromatic carbocycles. The minimum atomic E-state index is -0.590. The number of hydrogen-bond donors (Lipinski definition) is 0. The lowest BCUT2D eigenvalue weighted by Gasteiger charge is -2.48. The molecule has 0 bridgehead atoms. The average molecular weight is 605 g/mol. The molecule has 3 aliphatic rings. The largest absolute Gasteiger partial charge is 0.455 e. The average Bonchev–Trinajstić information content (AvgIpc) is 3.73. The summed E-state index contributed by atoms with van der Waals surface area (Å²) >= 11 is 6.94. The van der Waals surface area contributed by atoms with Crippen molar-refractivity contribution in [3.63, 3.8) is 0 Å². The summed E-state index contributed by atoms with van der Waals surface area (Å²) in [5, 5.41) is 3.01. The zero-order valence-corrected chi connectivity index (χ0v) is 25.5. The van der Waals surface area contributed by atoms with Gasteiger partial charge in [0.2, 0.25) is 0 Å². The SMILES string of the molecule is Clc1ccc2c(c1)C1(c3ccccc3C3(c4ccccc4-c4ccccc43)c3ccccc31)c1ccc3c(oc4ccccc43)c1-2. The van der Waals surface area contributed by atoms with E-state index < -0.39 is 10.8 Å². The highest BCUT2D eigenvalue weighted by atomic mass is 35.5. The highest BCUT2D eigenvalue weighted by Crippen LogP contribution is 2.68. The van der Waals surface area contributed by atoms with Gasteiger partial charge in [-0.25, -0.2) is 0 Å². The lowest BCUT2D eigenvalue weighted by molar-refractivity contribution is 0.631. The van der Waals surface area contributed by atoms with Gasteiger partial charge in [-0.15, -0.1) is 0 Å². The van der Waals surface area contributed by atoms with E-state index in [1.54, 1.807) is 0 Å². The van der Waals surface area contributed by atoms with Crippen molar-refractivity contribution in [2.45, 2.75) is 10.8 Å². The van der Waals surface area contributed by atoms with Crippen molar-refractivity contribution in [2.24, 2.45) is 0 Å². The summed E-state index contributed by atoms with van der Waals surface area (Å²) in [6.45, 7) is 0. The molecule has 0 unspecified atom stereocenters. The molecule has 0 atom stereocenters. The second-order valence-electron chi connectivity index (χ2n) is 12.8. The molecule has 46 heavy (non-hydrogen) atoms. The lowest BCUT2D eigenvalue weighted by Crippen LogP contribution is -2.43. The molecule has 0 amide bonds. The zero-order chi connectivity index (χ0) is 30.2. The lowest BCUT2D eigenvalue weighted by atomic mass is 9.52. The Balaban J connectivity index is 1.37. The van der Waals surface area contributed by atoms with E-state index in [1.165, 1.54) is 61.2 Å². The van der Waals surface area contributed by atoms with E-state index in [0.717, 1.165) is 32.5 Å². The van der Waals surface area contributed by atoms with Crippen molar-refractivity contribution in [3.8, 4) is 22.3 Å². The molecular formula is C44H25ClO. The number of rotatable bonds is 0. The van der Waals surface area contributed by atoms with E-state index >= 15 is 0 Å². The van der Waals surface area contributed by atoms with Gasteiger partial charge in [0.15, 0.2) is 0 Å². The van der Waals surface area contributed by atoms with Gasteiger partial charge in [-0.2, -0.15) is 0 Å². The molecule has 1 heterocycles. The van der Waals surface area contributed by atoms with Crippen LogP contribution in [0.3, 0.4) is 0 Å². The predicted molar refractivity (Wildman–Crippen MR) is 187 cm³/mol. The van der Waals surface area contributed by atoms with Gasteiger partial charge in [-0.3, -0.25) is 0 Å². The number of para-hydroxylation sites is 1. The summed E-state index contributed by atoms with van der Waals surface area (Å²) < 4.78 is 6.75. The van der Waals surface area contributed by atoms with E-state index in [2.05, 4.69) is 140 Å². The molecule has 0 N–H and O–H groups in total. The van der Waals surface area contributed by atoms with Crippen LogP contribution in [0.2, 0.25) is 5.02 Å². The molecule has 11 rings (SSSR count). The first-order chi connectivity index (χ1) is 22.7. The van der Waals surface area contributed by atoms with E-state index in [0.29, 0.717) is 0 Å². The molecule has 2 heteroatoms. The van der Waals surface area contributed by atoms with Gasteiger partial charge in [0.05, 0.1) is 10.8 Å². The molecule has 3 aliphatic carbocycles. The topological polar surface area (TPSA) is 13.1 Å². The number of furan rings is 1. The van der Waals surface area contributed by atoms with E-state index in [4.69, 9.17) is 16.0 Å². The Morgan fingerprint density at radius 3 is 1.54 bits per heavy atom. The Labute approximate surface area is 271 Å². The Morgan fingerprint density at radius 1 is 0.391 bits per heavy atom. The highest BCUT2D eigenvalue weighted by molar-refractivity contribution is 6.31. The molecule has 0 radical (unpaired) electrons. The Bertz CT molecular complexity index is 2530. The molecular weight excluding hydrogens is 580 g/mol. The van der Waals surface area contributed by atoms with Gasteiger partial charge in [-0.05, 0) is 79.4 Å². The van der Waals surface area contributed by atoms with Crippen molar-refractivity contribution < 1.29 is 4.42 Å².